The van der Waals surface area contributed by atoms with Crippen LogP contribution >= 0.6 is 11.3 Å². The van der Waals surface area contributed by atoms with Gasteiger partial charge in [0.15, 0.2) is 0 Å². The number of aromatic nitrogens is 2. The van der Waals surface area contributed by atoms with Crippen molar-refractivity contribution in [3.05, 3.63) is 63.0 Å². The van der Waals surface area contributed by atoms with Gasteiger partial charge in [0.25, 0.3) is 5.56 Å². The summed E-state index contributed by atoms with van der Waals surface area (Å²) in [5.41, 5.74) is 2.24. The molecule has 0 saturated heterocycles. The quantitative estimate of drug-likeness (QED) is 0.734. The average Bonchev–Trinajstić information content (AvgIpc) is 3.07. The molecular formula is C21H23N3O2S. The number of benzene rings is 1. The fourth-order valence-electron chi connectivity index (χ4n) is 3.70. The Morgan fingerprint density at radius 3 is 2.85 bits per heavy atom. The first kappa shape index (κ1) is 17.9. The maximum atomic E-state index is 12.9. The van der Waals surface area contributed by atoms with E-state index in [0.29, 0.717) is 6.54 Å². The van der Waals surface area contributed by atoms with E-state index >= 15 is 0 Å². The van der Waals surface area contributed by atoms with Gasteiger partial charge in [0.05, 0.1) is 17.8 Å². The fraction of sp³-hybridized carbons (Fsp3) is 0.381. The first-order valence-corrected chi connectivity index (χ1v) is 10.3. The van der Waals surface area contributed by atoms with Crippen LogP contribution < -0.4 is 10.9 Å². The fourth-order valence-corrected chi connectivity index (χ4v) is 4.92. The lowest BCUT2D eigenvalue weighted by Crippen LogP contribution is -2.29. The van der Waals surface area contributed by atoms with E-state index in [4.69, 9.17) is 0 Å². The molecule has 6 heteroatoms. The predicted octanol–water partition coefficient (Wildman–Crippen LogP) is 3.60. The van der Waals surface area contributed by atoms with Gasteiger partial charge < -0.3 is 5.32 Å². The molecule has 3 aromatic rings. The van der Waals surface area contributed by atoms with Crippen molar-refractivity contribution >= 4 is 27.5 Å². The summed E-state index contributed by atoms with van der Waals surface area (Å²) in [6.45, 7) is 2.31. The van der Waals surface area contributed by atoms with Gasteiger partial charge in [-0.05, 0) is 43.7 Å². The minimum atomic E-state index is -0.0642. The van der Waals surface area contributed by atoms with Crippen LogP contribution in [0.15, 0.2) is 41.5 Å². The summed E-state index contributed by atoms with van der Waals surface area (Å²) in [5.74, 6) is -0.0642. The van der Waals surface area contributed by atoms with Crippen LogP contribution in [0.5, 0.6) is 0 Å². The summed E-state index contributed by atoms with van der Waals surface area (Å²) in [4.78, 5) is 31.9. The standard InChI is InChI=1S/C21H23N3O2S/c1-14(15-7-3-2-4-8-15)23-18(25)11-12-24-13-22-20-19(21(24)26)16-9-5-6-10-17(16)27-20/h2-4,7-8,13-14H,5-6,9-12H2,1H3,(H,23,25). The summed E-state index contributed by atoms with van der Waals surface area (Å²) in [5, 5.41) is 3.77. The van der Waals surface area contributed by atoms with Gasteiger partial charge in [-0.15, -0.1) is 11.3 Å². The largest absolute Gasteiger partial charge is 0.350 e. The lowest BCUT2D eigenvalue weighted by molar-refractivity contribution is -0.121. The molecule has 0 aliphatic heterocycles. The lowest BCUT2D eigenvalue weighted by Gasteiger charge is -2.14. The molecule has 1 N–H and O–H groups in total. The second-order valence-corrected chi connectivity index (χ2v) is 8.17. The number of thiophene rings is 1. The molecule has 0 bridgehead atoms. The summed E-state index contributed by atoms with van der Waals surface area (Å²) in [6, 6.07) is 9.80. The zero-order chi connectivity index (χ0) is 18.8. The number of amides is 1. The van der Waals surface area contributed by atoms with E-state index in [9.17, 15) is 9.59 Å². The molecule has 5 nitrogen and oxygen atoms in total. The van der Waals surface area contributed by atoms with Crippen molar-refractivity contribution < 1.29 is 4.79 Å². The van der Waals surface area contributed by atoms with Crippen molar-refractivity contribution in [2.45, 2.75) is 51.6 Å². The van der Waals surface area contributed by atoms with Crippen molar-refractivity contribution in [2.75, 3.05) is 0 Å². The van der Waals surface area contributed by atoms with Crippen molar-refractivity contribution in [3.8, 4) is 0 Å². The Balaban J connectivity index is 1.47. The SMILES string of the molecule is CC(NC(=O)CCn1cnc2sc3c(c2c1=O)CCCC3)c1ccccc1. The van der Waals surface area contributed by atoms with Crippen molar-refractivity contribution in [1.82, 2.24) is 14.9 Å². The van der Waals surface area contributed by atoms with Crippen LogP contribution in [0, 0.1) is 0 Å². The van der Waals surface area contributed by atoms with Crippen molar-refractivity contribution in [3.63, 3.8) is 0 Å². The molecule has 1 unspecified atom stereocenters. The normalized spacial score (nSPS) is 14.7. The minimum Gasteiger partial charge on any atom is -0.350 e. The molecule has 2 heterocycles. The van der Waals surface area contributed by atoms with E-state index in [1.807, 2.05) is 37.3 Å². The Kier molecular flexibility index (Phi) is 5.07. The highest BCUT2D eigenvalue weighted by molar-refractivity contribution is 7.18. The molecule has 140 valence electrons. The summed E-state index contributed by atoms with van der Waals surface area (Å²) >= 11 is 1.65. The number of rotatable bonds is 5. The van der Waals surface area contributed by atoms with Crippen molar-refractivity contribution in [1.29, 1.82) is 0 Å². The maximum Gasteiger partial charge on any atom is 0.262 e. The molecular weight excluding hydrogens is 358 g/mol. The molecule has 0 fully saturated rings. The van der Waals surface area contributed by atoms with Crippen LogP contribution in [-0.4, -0.2) is 15.5 Å². The monoisotopic (exact) mass is 381 g/mol. The number of nitrogens with one attached hydrogen (secondary N) is 1. The van der Waals surface area contributed by atoms with E-state index in [0.717, 1.165) is 35.0 Å². The van der Waals surface area contributed by atoms with Gasteiger partial charge in [0.2, 0.25) is 5.91 Å². The van der Waals surface area contributed by atoms with E-state index in [2.05, 4.69) is 10.3 Å². The third-order valence-corrected chi connectivity index (χ3v) is 6.40. The van der Waals surface area contributed by atoms with Gasteiger partial charge in [-0.25, -0.2) is 4.98 Å². The highest BCUT2D eigenvalue weighted by Gasteiger charge is 2.20. The average molecular weight is 382 g/mol. The molecule has 2 aromatic heterocycles. The molecule has 1 amide bonds. The van der Waals surface area contributed by atoms with Crippen LogP contribution in [0.3, 0.4) is 0 Å². The first-order chi connectivity index (χ1) is 13.1. The van der Waals surface area contributed by atoms with Gasteiger partial charge in [-0.1, -0.05) is 30.3 Å². The van der Waals surface area contributed by atoms with Gasteiger partial charge >= 0.3 is 0 Å². The van der Waals surface area contributed by atoms with Crippen LogP contribution in [0.25, 0.3) is 10.2 Å². The van der Waals surface area contributed by atoms with Crippen LogP contribution in [0.4, 0.5) is 0 Å². The number of hydrogen-bond donors (Lipinski definition) is 1. The molecule has 0 saturated carbocycles. The Hall–Kier alpha value is -2.47. The third kappa shape index (κ3) is 3.67. The Morgan fingerprint density at radius 2 is 2.04 bits per heavy atom. The van der Waals surface area contributed by atoms with Crippen LogP contribution in [-0.2, 0) is 24.2 Å². The zero-order valence-corrected chi connectivity index (χ0v) is 16.2. The van der Waals surface area contributed by atoms with Gasteiger partial charge in [-0.2, -0.15) is 0 Å². The Morgan fingerprint density at radius 1 is 1.26 bits per heavy atom. The third-order valence-electron chi connectivity index (χ3n) is 5.20. The van der Waals surface area contributed by atoms with Gasteiger partial charge in [-0.3, -0.25) is 14.2 Å². The molecule has 1 aliphatic rings. The van der Waals surface area contributed by atoms with Gasteiger partial charge in [0.1, 0.15) is 4.83 Å². The van der Waals surface area contributed by atoms with Gasteiger partial charge in [0, 0.05) is 17.8 Å². The molecule has 4 rings (SSSR count). The molecule has 27 heavy (non-hydrogen) atoms. The van der Waals surface area contributed by atoms with Crippen LogP contribution in [0.1, 0.15) is 48.2 Å². The molecule has 0 radical (unpaired) electrons. The summed E-state index contributed by atoms with van der Waals surface area (Å²) < 4.78 is 1.58. The number of hydrogen-bond acceptors (Lipinski definition) is 4. The number of fused-ring (bicyclic) bond motifs is 3. The Bertz CT molecular complexity index is 1020. The van der Waals surface area contributed by atoms with Crippen molar-refractivity contribution in [2.24, 2.45) is 0 Å². The second-order valence-electron chi connectivity index (χ2n) is 7.08. The highest BCUT2D eigenvalue weighted by atomic mass is 32.1. The highest BCUT2D eigenvalue weighted by Crippen LogP contribution is 2.33. The molecule has 0 spiro atoms. The second kappa shape index (κ2) is 7.64. The smallest absolute Gasteiger partial charge is 0.262 e. The van der Waals surface area contributed by atoms with E-state index in [1.165, 1.54) is 16.9 Å². The number of aryl methyl sites for hydroxylation is 3. The van der Waals surface area contributed by atoms with E-state index in [1.54, 1.807) is 22.2 Å². The predicted molar refractivity (Wildman–Crippen MR) is 108 cm³/mol. The topological polar surface area (TPSA) is 64.0 Å². The van der Waals surface area contributed by atoms with E-state index < -0.39 is 0 Å². The number of carbonyl (C=O) groups excluding carboxylic acids is 1. The Labute approximate surface area is 162 Å². The maximum absolute atomic E-state index is 12.9. The first-order valence-electron chi connectivity index (χ1n) is 9.47. The van der Waals surface area contributed by atoms with Crippen LogP contribution in [0.2, 0.25) is 0 Å². The number of nitrogens with zero attached hydrogens (tertiary/aromatic N) is 2. The van der Waals surface area contributed by atoms with E-state index in [-0.39, 0.29) is 23.9 Å². The number of carbonyl (C=O) groups is 1. The molecule has 1 atom stereocenters. The minimum absolute atomic E-state index is 0.0108. The summed E-state index contributed by atoms with van der Waals surface area (Å²) in [7, 11) is 0. The summed E-state index contributed by atoms with van der Waals surface area (Å²) in [6.07, 6.45) is 6.18. The molecule has 1 aromatic carbocycles. The molecule has 1 aliphatic carbocycles. The lowest BCUT2D eigenvalue weighted by atomic mass is 9.97. The zero-order valence-electron chi connectivity index (χ0n) is 15.4.